The van der Waals surface area contributed by atoms with Crippen LogP contribution in [0.4, 0.5) is 33.7 Å². The maximum Gasteiger partial charge on any atom is 0.433 e. The molecule has 0 aliphatic rings. The van der Waals surface area contributed by atoms with Crippen LogP contribution in [-0.4, -0.2) is 44.5 Å². The minimum Gasteiger partial charge on any atom is -0.467 e. The van der Waals surface area contributed by atoms with Gasteiger partial charge in [-0.05, 0) is 25.1 Å². The molecule has 0 saturated heterocycles. The fraction of sp³-hybridized carbons (Fsp3) is 0.300. The highest BCUT2D eigenvalue weighted by Gasteiger charge is 2.38. The topological polar surface area (TPSA) is 116 Å². The first-order valence-corrected chi connectivity index (χ1v) is 10.1. The van der Waals surface area contributed by atoms with E-state index in [4.69, 9.17) is 16.3 Å². The first kappa shape index (κ1) is 25.2. The summed E-state index contributed by atoms with van der Waals surface area (Å²) in [5, 5.41) is 17.7. The normalized spacial score (nSPS) is 12.4. The van der Waals surface area contributed by atoms with Crippen LogP contribution in [0.15, 0.2) is 30.6 Å². The van der Waals surface area contributed by atoms with Crippen molar-refractivity contribution < 1.29 is 32.2 Å². The molecule has 0 bridgehead atoms. The van der Waals surface area contributed by atoms with Gasteiger partial charge >= 0.3 is 18.2 Å². The molecule has 1 aromatic carbocycles. The van der Waals surface area contributed by atoms with Crippen LogP contribution in [0.1, 0.15) is 23.9 Å². The molecule has 34 heavy (non-hydrogen) atoms. The SMILES string of the molecule is COc1ncc(N(Cc2n[nH]c(C(F)(F)F)c2CC(C)O)C(=O)Nc2ccc(F)c(Cl)c2)cn1. The number of aromatic nitrogens is 4. The summed E-state index contributed by atoms with van der Waals surface area (Å²) < 4.78 is 58.7. The zero-order valence-corrected chi connectivity index (χ0v) is 18.6. The molecule has 9 nitrogen and oxygen atoms in total. The van der Waals surface area contributed by atoms with Crippen LogP contribution in [0.5, 0.6) is 6.01 Å². The van der Waals surface area contributed by atoms with E-state index in [1.807, 2.05) is 5.10 Å². The quantitative estimate of drug-likeness (QED) is 0.417. The number of nitrogens with zero attached hydrogens (tertiary/aromatic N) is 4. The van der Waals surface area contributed by atoms with Crippen molar-refractivity contribution in [2.24, 2.45) is 0 Å². The third-order valence-electron chi connectivity index (χ3n) is 4.57. The second kappa shape index (κ2) is 10.2. The van der Waals surface area contributed by atoms with Gasteiger partial charge in [0, 0.05) is 17.7 Å². The molecular weight excluding hydrogens is 484 g/mol. The first-order chi connectivity index (χ1) is 16.0. The number of rotatable bonds is 7. The first-order valence-electron chi connectivity index (χ1n) is 9.70. The Bertz CT molecular complexity index is 1150. The lowest BCUT2D eigenvalue weighted by atomic mass is 10.1. The Kier molecular flexibility index (Phi) is 7.57. The minimum atomic E-state index is -4.75. The number of benzene rings is 1. The minimum absolute atomic E-state index is 0.00310. The fourth-order valence-corrected chi connectivity index (χ4v) is 3.21. The van der Waals surface area contributed by atoms with Gasteiger partial charge in [0.15, 0.2) is 0 Å². The predicted molar refractivity (Wildman–Crippen MR) is 114 cm³/mol. The largest absolute Gasteiger partial charge is 0.467 e. The third-order valence-corrected chi connectivity index (χ3v) is 4.86. The highest BCUT2D eigenvalue weighted by atomic mass is 35.5. The molecule has 3 aromatic rings. The Morgan fingerprint density at radius 2 is 2.00 bits per heavy atom. The van der Waals surface area contributed by atoms with Crippen LogP contribution in [0.2, 0.25) is 5.02 Å². The molecule has 0 fully saturated rings. The van der Waals surface area contributed by atoms with Gasteiger partial charge in [-0.15, -0.1) is 0 Å². The van der Waals surface area contributed by atoms with Gasteiger partial charge in [0.1, 0.15) is 11.5 Å². The maximum atomic E-state index is 13.5. The molecule has 2 amide bonds. The molecule has 1 unspecified atom stereocenters. The number of aromatic amines is 1. The van der Waals surface area contributed by atoms with Crippen molar-refractivity contribution in [3.63, 3.8) is 0 Å². The fourth-order valence-electron chi connectivity index (χ4n) is 3.03. The van der Waals surface area contributed by atoms with Gasteiger partial charge in [0.05, 0.1) is 48.6 Å². The lowest BCUT2D eigenvalue weighted by molar-refractivity contribution is -0.141. The van der Waals surface area contributed by atoms with Gasteiger partial charge in [-0.25, -0.2) is 19.2 Å². The van der Waals surface area contributed by atoms with Crippen LogP contribution in [0, 0.1) is 5.82 Å². The molecule has 0 aliphatic carbocycles. The van der Waals surface area contributed by atoms with Crippen LogP contribution in [0.3, 0.4) is 0 Å². The Morgan fingerprint density at radius 1 is 1.32 bits per heavy atom. The number of halogens is 5. The number of hydrogen-bond donors (Lipinski definition) is 3. The van der Waals surface area contributed by atoms with Gasteiger partial charge in [0.25, 0.3) is 0 Å². The number of hydrogen-bond acceptors (Lipinski definition) is 6. The number of urea groups is 1. The number of alkyl halides is 3. The summed E-state index contributed by atoms with van der Waals surface area (Å²) in [5.41, 5.74) is -1.31. The summed E-state index contributed by atoms with van der Waals surface area (Å²) in [6.07, 6.45) is -3.76. The lowest BCUT2D eigenvalue weighted by Gasteiger charge is -2.23. The van der Waals surface area contributed by atoms with Crippen molar-refractivity contribution in [1.29, 1.82) is 0 Å². The van der Waals surface area contributed by atoms with Crippen LogP contribution in [0.25, 0.3) is 0 Å². The van der Waals surface area contributed by atoms with Gasteiger partial charge in [-0.2, -0.15) is 18.3 Å². The van der Waals surface area contributed by atoms with Gasteiger partial charge < -0.3 is 15.2 Å². The Balaban J connectivity index is 1.99. The summed E-state index contributed by atoms with van der Waals surface area (Å²) in [6, 6.07) is 2.67. The highest BCUT2D eigenvalue weighted by molar-refractivity contribution is 6.31. The molecule has 0 radical (unpaired) electrons. The van der Waals surface area contributed by atoms with Gasteiger partial charge in [0.2, 0.25) is 0 Å². The zero-order valence-electron chi connectivity index (χ0n) is 17.8. The average Bonchev–Trinajstić information content (AvgIpc) is 3.16. The molecule has 3 rings (SSSR count). The maximum absolute atomic E-state index is 13.5. The Hall–Kier alpha value is -3.45. The number of H-pyrrole nitrogens is 1. The van der Waals surface area contributed by atoms with Crippen molar-refractivity contribution >= 4 is 29.0 Å². The van der Waals surface area contributed by atoms with Crippen molar-refractivity contribution in [2.75, 3.05) is 17.3 Å². The van der Waals surface area contributed by atoms with E-state index in [1.54, 1.807) is 0 Å². The van der Waals surface area contributed by atoms with E-state index in [0.717, 1.165) is 11.0 Å². The van der Waals surface area contributed by atoms with Crippen LogP contribution >= 0.6 is 11.6 Å². The summed E-state index contributed by atoms with van der Waals surface area (Å²) in [5.74, 6) is -0.695. The summed E-state index contributed by atoms with van der Waals surface area (Å²) in [7, 11) is 1.34. The number of ether oxygens (including phenoxy) is 1. The molecule has 14 heteroatoms. The van der Waals surface area contributed by atoms with Crippen molar-refractivity contribution in [3.05, 3.63) is 58.4 Å². The average molecular weight is 503 g/mol. The van der Waals surface area contributed by atoms with E-state index >= 15 is 0 Å². The number of carbonyl (C=O) groups excluding carboxylic acids is 1. The molecule has 0 saturated carbocycles. The molecule has 182 valence electrons. The number of methoxy groups -OCH3 is 1. The highest BCUT2D eigenvalue weighted by Crippen LogP contribution is 2.33. The molecule has 2 aromatic heterocycles. The molecule has 2 heterocycles. The predicted octanol–water partition coefficient (Wildman–Crippen LogP) is 4.18. The Labute approximate surface area is 195 Å². The van der Waals surface area contributed by atoms with Crippen molar-refractivity contribution in [2.45, 2.75) is 32.2 Å². The van der Waals surface area contributed by atoms with E-state index in [-0.39, 0.29) is 40.1 Å². The molecule has 1 atom stereocenters. The Morgan fingerprint density at radius 3 is 2.56 bits per heavy atom. The van der Waals surface area contributed by atoms with E-state index in [2.05, 4.69) is 20.4 Å². The van der Waals surface area contributed by atoms with Crippen molar-refractivity contribution in [3.8, 4) is 6.01 Å². The number of aliphatic hydroxyl groups is 1. The standard InChI is InChI=1S/C20H19ClF4N6O3/c1-10(32)5-13-16(29-30-17(13)20(23,24)25)9-31(12-7-26-18(34-2)27-8-12)19(33)28-11-3-4-15(22)14(21)6-11/h3-4,6-8,10,32H,5,9H2,1-2H3,(H,28,33)(H,29,30). The smallest absolute Gasteiger partial charge is 0.433 e. The van der Waals surface area contributed by atoms with Crippen LogP contribution < -0.4 is 15.0 Å². The molecule has 0 spiro atoms. The molecule has 0 aliphatic heterocycles. The third kappa shape index (κ3) is 5.91. The monoisotopic (exact) mass is 502 g/mol. The number of anilines is 2. The van der Waals surface area contributed by atoms with Gasteiger partial charge in [-0.3, -0.25) is 10.00 Å². The van der Waals surface area contributed by atoms with E-state index in [1.165, 1.54) is 38.6 Å². The van der Waals surface area contributed by atoms with Crippen molar-refractivity contribution in [1.82, 2.24) is 20.2 Å². The summed E-state index contributed by atoms with van der Waals surface area (Å²) >= 11 is 5.75. The second-order valence-corrected chi connectivity index (χ2v) is 7.56. The molecule has 3 N–H and O–H groups in total. The lowest BCUT2D eigenvalue weighted by Crippen LogP contribution is -2.35. The summed E-state index contributed by atoms with van der Waals surface area (Å²) in [6.45, 7) is 0.891. The summed E-state index contributed by atoms with van der Waals surface area (Å²) in [4.78, 5) is 21.9. The number of nitrogens with one attached hydrogen (secondary N) is 2. The van der Waals surface area contributed by atoms with E-state index < -0.39 is 36.4 Å². The zero-order chi connectivity index (χ0) is 25.0. The van der Waals surface area contributed by atoms with Crippen LogP contribution in [-0.2, 0) is 19.1 Å². The molecular formula is C20H19ClF4N6O3. The van der Waals surface area contributed by atoms with E-state index in [0.29, 0.717) is 0 Å². The number of aliphatic hydroxyl groups excluding tert-OH is 1. The second-order valence-electron chi connectivity index (χ2n) is 7.15. The number of carbonyl (C=O) groups is 1. The van der Waals surface area contributed by atoms with E-state index in [9.17, 15) is 27.5 Å². The van der Waals surface area contributed by atoms with Gasteiger partial charge in [-0.1, -0.05) is 11.6 Å². The number of amides is 2.